The van der Waals surface area contributed by atoms with E-state index < -0.39 is 12.0 Å². The van der Waals surface area contributed by atoms with E-state index in [2.05, 4.69) is 0 Å². The molecule has 1 amide bonds. The van der Waals surface area contributed by atoms with Crippen LogP contribution in [0.25, 0.3) is 0 Å². The fourth-order valence-corrected chi connectivity index (χ4v) is 1.54. The first-order chi connectivity index (χ1) is 7.06. The predicted octanol–water partition coefficient (Wildman–Crippen LogP) is -1.14. The molecule has 0 spiro atoms. The normalized spacial score (nSPS) is 23.2. The first kappa shape index (κ1) is 11.9. The van der Waals surface area contributed by atoms with Crippen LogP contribution in [-0.4, -0.2) is 73.2 Å². The maximum atomic E-state index is 11.5. The molecule has 1 aliphatic rings. The van der Waals surface area contributed by atoms with E-state index in [0.717, 1.165) is 0 Å². The highest BCUT2D eigenvalue weighted by Crippen LogP contribution is 2.08. The van der Waals surface area contributed by atoms with Crippen LogP contribution < -0.4 is 0 Å². The predicted molar refractivity (Wildman–Crippen MR) is 52.5 cm³/mol. The molecule has 1 atom stereocenters. The van der Waals surface area contributed by atoms with E-state index in [-0.39, 0.29) is 12.5 Å². The Morgan fingerprint density at radius 1 is 1.67 bits per heavy atom. The number of rotatable bonds is 4. The van der Waals surface area contributed by atoms with Gasteiger partial charge in [-0.2, -0.15) is 0 Å². The zero-order valence-corrected chi connectivity index (χ0v) is 8.97. The van der Waals surface area contributed by atoms with E-state index in [1.165, 1.54) is 11.9 Å². The van der Waals surface area contributed by atoms with E-state index in [0.29, 0.717) is 19.7 Å². The van der Waals surface area contributed by atoms with Crippen LogP contribution in [0.2, 0.25) is 0 Å². The molecule has 1 fully saturated rings. The largest absolute Gasteiger partial charge is 0.480 e. The lowest BCUT2D eigenvalue weighted by molar-refractivity contribution is -0.154. The van der Waals surface area contributed by atoms with Gasteiger partial charge < -0.3 is 14.7 Å². The zero-order valence-electron chi connectivity index (χ0n) is 8.97. The van der Waals surface area contributed by atoms with Gasteiger partial charge in [-0.25, -0.2) is 4.79 Å². The SMILES string of the molecule is COCCN1CC(=O)N(C)C(C(=O)O)C1. The number of amides is 1. The van der Waals surface area contributed by atoms with Crippen LogP contribution in [0.3, 0.4) is 0 Å². The Morgan fingerprint density at radius 3 is 2.87 bits per heavy atom. The summed E-state index contributed by atoms with van der Waals surface area (Å²) in [6, 6.07) is -0.747. The second-order valence-electron chi connectivity index (χ2n) is 3.59. The zero-order chi connectivity index (χ0) is 11.4. The molecule has 0 bridgehead atoms. The molecule has 0 aromatic carbocycles. The molecule has 1 unspecified atom stereocenters. The second-order valence-corrected chi connectivity index (χ2v) is 3.59. The van der Waals surface area contributed by atoms with Gasteiger partial charge in [-0.15, -0.1) is 0 Å². The molecule has 0 aromatic rings. The number of hydrogen-bond donors (Lipinski definition) is 1. The number of carboxylic acid groups (broad SMARTS) is 1. The third-order valence-electron chi connectivity index (χ3n) is 2.55. The summed E-state index contributed by atoms with van der Waals surface area (Å²) in [5.41, 5.74) is 0. The average molecular weight is 216 g/mol. The van der Waals surface area contributed by atoms with Crippen LogP contribution in [0.5, 0.6) is 0 Å². The summed E-state index contributed by atoms with van der Waals surface area (Å²) in [5.74, 6) is -1.13. The summed E-state index contributed by atoms with van der Waals surface area (Å²) < 4.78 is 4.89. The van der Waals surface area contributed by atoms with Gasteiger partial charge >= 0.3 is 5.97 Å². The Morgan fingerprint density at radius 2 is 2.33 bits per heavy atom. The van der Waals surface area contributed by atoms with Crippen molar-refractivity contribution in [3.8, 4) is 0 Å². The van der Waals surface area contributed by atoms with Crippen molar-refractivity contribution in [2.75, 3.05) is 40.4 Å². The third-order valence-corrected chi connectivity index (χ3v) is 2.55. The van der Waals surface area contributed by atoms with Crippen molar-refractivity contribution in [2.45, 2.75) is 6.04 Å². The van der Waals surface area contributed by atoms with Gasteiger partial charge in [0.1, 0.15) is 6.04 Å². The lowest BCUT2D eigenvalue weighted by Crippen LogP contribution is -2.58. The summed E-state index contributed by atoms with van der Waals surface area (Å²) in [4.78, 5) is 25.4. The minimum Gasteiger partial charge on any atom is -0.480 e. The summed E-state index contributed by atoms with van der Waals surface area (Å²) in [6.07, 6.45) is 0. The molecule has 6 nitrogen and oxygen atoms in total. The van der Waals surface area contributed by atoms with Crippen LogP contribution in [0.15, 0.2) is 0 Å². The van der Waals surface area contributed by atoms with Crippen LogP contribution in [0.4, 0.5) is 0 Å². The highest BCUT2D eigenvalue weighted by Gasteiger charge is 2.34. The van der Waals surface area contributed by atoms with Crippen molar-refractivity contribution in [2.24, 2.45) is 0 Å². The Balaban J connectivity index is 2.58. The number of hydrogen-bond acceptors (Lipinski definition) is 4. The molecule has 1 N–H and O–H groups in total. The Bertz CT molecular complexity index is 256. The monoisotopic (exact) mass is 216 g/mol. The summed E-state index contributed by atoms with van der Waals surface area (Å²) in [6.45, 7) is 1.72. The van der Waals surface area contributed by atoms with Crippen LogP contribution in [-0.2, 0) is 14.3 Å². The number of piperazine rings is 1. The summed E-state index contributed by atoms with van der Waals surface area (Å²) in [7, 11) is 3.10. The van der Waals surface area contributed by atoms with Crippen molar-refractivity contribution in [1.82, 2.24) is 9.80 Å². The minimum atomic E-state index is -0.965. The molecule has 0 saturated carbocycles. The summed E-state index contributed by atoms with van der Waals surface area (Å²) in [5, 5.41) is 8.92. The Labute approximate surface area is 88.4 Å². The minimum absolute atomic E-state index is 0.162. The van der Waals surface area contributed by atoms with Crippen molar-refractivity contribution in [3.63, 3.8) is 0 Å². The molecule has 0 radical (unpaired) electrons. The number of carbonyl (C=O) groups is 2. The Kier molecular flexibility index (Phi) is 4.05. The molecule has 6 heteroatoms. The van der Waals surface area contributed by atoms with Gasteiger partial charge in [0, 0.05) is 27.2 Å². The first-order valence-corrected chi connectivity index (χ1v) is 4.76. The van der Waals surface area contributed by atoms with Crippen molar-refractivity contribution in [1.29, 1.82) is 0 Å². The van der Waals surface area contributed by atoms with E-state index in [1.54, 1.807) is 12.0 Å². The number of carboxylic acids is 1. The number of nitrogens with zero attached hydrogens (tertiary/aromatic N) is 2. The van der Waals surface area contributed by atoms with Crippen molar-refractivity contribution in [3.05, 3.63) is 0 Å². The molecule has 1 aliphatic heterocycles. The highest BCUT2D eigenvalue weighted by atomic mass is 16.5. The van der Waals surface area contributed by atoms with Gasteiger partial charge in [-0.05, 0) is 0 Å². The fraction of sp³-hybridized carbons (Fsp3) is 0.778. The number of likely N-dealkylation sites (N-methyl/N-ethyl adjacent to an activating group) is 1. The van der Waals surface area contributed by atoms with E-state index >= 15 is 0 Å². The van der Waals surface area contributed by atoms with E-state index in [4.69, 9.17) is 9.84 Å². The number of ether oxygens (including phenoxy) is 1. The molecule has 1 rings (SSSR count). The molecule has 1 saturated heterocycles. The maximum Gasteiger partial charge on any atom is 0.327 e. The molecular formula is C9H16N2O4. The number of methoxy groups -OCH3 is 1. The van der Waals surface area contributed by atoms with Gasteiger partial charge in [0.25, 0.3) is 0 Å². The maximum absolute atomic E-state index is 11.5. The second kappa shape index (κ2) is 5.09. The quantitative estimate of drug-likeness (QED) is 0.643. The lowest BCUT2D eigenvalue weighted by atomic mass is 10.2. The molecule has 0 aromatic heterocycles. The smallest absolute Gasteiger partial charge is 0.327 e. The van der Waals surface area contributed by atoms with Gasteiger partial charge in [0.2, 0.25) is 5.91 Å². The number of carbonyl (C=O) groups excluding carboxylic acids is 1. The van der Waals surface area contributed by atoms with Gasteiger partial charge in [0.05, 0.1) is 13.2 Å². The molecular weight excluding hydrogens is 200 g/mol. The molecule has 0 aliphatic carbocycles. The van der Waals surface area contributed by atoms with Gasteiger partial charge in [-0.3, -0.25) is 9.69 Å². The number of aliphatic carboxylic acids is 1. The van der Waals surface area contributed by atoms with Crippen molar-refractivity contribution < 1.29 is 19.4 Å². The van der Waals surface area contributed by atoms with Crippen LogP contribution >= 0.6 is 0 Å². The fourth-order valence-electron chi connectivity index (χ4n) is 1.54. The highest BCUT2D eigenvalue weighted by molar-refractivity contribution is 5.86. The topological polar surface area (TPSA) is 70.1 Å². The van der Waals surface area contributed by atoms with Crippen molar-refractivity contribution >= 4 is 11.9 Å². The van der Waals surface area contributed by atoms with Gasteiger partial charge in [-0.1, -0.05) is 0 Å². The van der Waals surface area contributed by atoms with Crippen LogP contribution in [0, 0.1) is 0 Å². The lowest BCUT2D eigenvalue weighted by Gasteiger charge is -2.36. The standard InChI is InChI=1S/C9H16N2O4/c1-10-7(9(13)14)5-11(3-4-15-2)6-8(10)12/h7H,3-6H2,1-2H3,(H,13,14). The molecule has 1 heterocycles. The van der Waals surface area contributed by atoms with E-state index in [9.17, 15) is 9.59 Å². The summed E-state index contributed by atoms with van der Waals surface area (Å²) >= 11 is 0. The third kappa shape index (κ3) is 2.90. The molecule has 15 heavy (non-hydrogen) atoms. The molecule has 86 valence electrons. The Hall–Kier alpha value is -1.14. The van der Waals surface area contributed by atoms with E-state index in [1.807, 2.05) is 0 Å². The average Bonchev–Trinajstić information content (AvgIpc) is 2.19. The van der Waals surface area contributed by atoms with Crippen LogP contribution in [0.1, 0.15) is 0 Å². The van der Waals surface area contributed by atoms with Gasteiger partial charge in [0.15, 0.2) is 0 Å². The first-order valence-electron chi connectivity index (χ1n) is 4.76.